The van der Waals surface area contributed by atoms with E-state index in [1.54, 1.807) is 18.2 Å². The molecule has 1 aromatic carbocycles. The molecule has 0 saturated carbocycles. The molecule has 16 heavy (non-hydrogen) atoms. The number of amides is 1. The van der Waals surface area contributed by atoms with Crippen molar-refractivity contribution in [3.8, 4) is 0 Å². The van der Waals surface area contributed by atoms with Crippen LogP contribution in [0, 0.1) is 0 Å². The summed E-state index contributed by atoms with van der Waals surface area (Å²) in [5.41, 5.74) is 0. The Hall–Kier alpha value is -1.56. The van der Waals surface area contributed by atoms with Crippen LogP contribution in [0.25, 0.3) is 0 Å². The van der Waals surface area contributed by atoms with Gasteiger partial charge in [-0.1, -0.05) is 25.1 Å². The van der Waals surface area contributed by atoms with E-state index in [0.717, 1.165) is 0 Å². The van der Waals surface area contributed by atoms with E-state index >= 15 is 0 Å². The third-order valence-corrected chi connectivity index (χ3v) is 3.04. The molecule has 0 bridgehead atoms. The number of carbonyl (C=O) groups is 1. The van der Waals surface area contributed by atoms with Gasteiger partial charge in [0.05, 0.1) is 11.5 Å². The maximum Gasteiger partial charge on any atom is 0.421 e. The Morgan fingerprint density at radius 1 is 1.31 bits per heavy atom. The standard InChI is InChI=1S/C10H13NO4S/c1-2-8-15-10(12)11-16(13,14)9-6-4-3-5-7-9/h3-7H,2,8H2,1H3,(H,11,12). The van der Waals surface area contributed by atoms with Gasteiger partial charge in [-0.2, -0.15) is 0 Å². The number of hydrogen-bond donors (Lipinski definition) is 1. The van der Waals surface area contributed by atoms with Crippen LogP contribution in [-0.2, 0) is 14.8 Å². The van der Waals surface area contributed by atoms with Crippen LogP contribution in [-0.4, -0.2) is 21.1 Å². The second kappa shape index (κ2) is 5.50. The lowest BCUT2D eigenvalue weighted by Gasteiger charge is -2.06. The van der Waals surface area contributed by atoms with E-state index < -0.39 is 16.1 Å². The maximum atomic E-state index is 11.6. The van der Waals surface area contributed by atoms with Crippen molar-refractivity contribution in [2.24, 2.45) is 0 Å². The van der Waals surface area contributed by atoms with Gasteiger partial charge in [-0.3, -0.25) is 0 Å². The van der Waals surface area contributed by atoms with Crippen molar-refractivity contribution in [3.05, 3.63) is 30.3 Å². The first-order valence-corrected chi connectivity index (χ1v) is 6.29. The minimum absolute atomic E-state index is 0.0310. The van der Waals surface area contributed by atoms with Crippen molar-refractivity contribution in [1.29, 1.82) is 0 Å². The zero-order valence-corrected chi connectivity index (χ0v) is 9.66. The molecule has 88 valence electrons. The molecule has 1 N–H and O–H groups in total. The second-order valence-corrected chi connectivity index (χ2v) is 4.74. The summed E-state index contributed by atoms with van der Waals surface area (Å²) >= 11 is 0. The van der Waals surface area contributed by atoms with Crippen LogP contribution in [0.2, 0.25) is 0 Å². The Bertz CT molecular complexity index is 441. The molecular formula is C10H13NO4S. The van der Waals surface area contributed by atoms with Crippen molar-refractivity contribution in [3.63, 3.8) is 0 Å². The molecule has 0 aromatic heterocycles. The Kier molecular flexibility index (Phi) is 4.30. The number of hydrogen-bond acceptors (Lipinski definition) is 4. The van der Waals surface area contributed by atoms with Gasteiger partial charge in [0.15, 0.2) is 0 Å². The predicted octanol–water partition coefficient (Wildman–Crippen LogP) is 1.51. The highest BCUT2D eigenvalue weighted by Crippen LogP contribution is 2.06. The zero-order valence-electron chi connectivity index (χ0n) is 8.84. The molecule has 1 rings (SSSR count). The van der Waals surface area contributed by atoms with Crippen molar-refractivity contribution in [2.45, 2.75) is 18.2 Å². The molecule has 1 amide bonds. The number of ether oxygens (including phenoxy) is 1. The fraction of sp³-hybridized carbons (Fsp3) is 0.300. The Morgan fingerprint density at radius 2 is 1.94 bits per heavy atom. The summed E-state index contributed by atoms with van der Waals surface area (Å²) in [6.45, 7) is 2.01. The lowest BCUT2D eigenvalue weighted by Crippen LogP contribution is -2.31. The van der Waals surface area contributed by atoms with Crippen molar-refractivity contribution < 1.29 is 17.9 Å². The monoisotopic (exact) mass is 243 g/mol. The summed E-state index contributed by atoms with van der Waals surface area (Å²) in [4.78, 5) is 11.1. The summed E-state index contributed by atoms with van der Waals surface area (Å²) in [6.07, 6.45) is -0.315. The molecule has 0 spiro atoms. The van der Waals surface area contributed by atoms with E-state index in [1.807, 2.05) is 11.6 Å². The van der Waals surface area contributed by atoms with E-state index in [4.69, 9.17) is 0 Å². The molecule has 0 aliphatic rings. The van der Waals surface area contributed by atoms with E-state index in [0.29, 0.717) is 6.42 Å². The van der Waals surface area contributed by atoms with Crippen LogP contribution in [0.15, 0.2) is 35.2 Å². The largest absolute Gasteiger partial charge is 0.449 e. The molecule has 0 heterocycles. The molecule has 0 atom stereocenters. The highest BCUT2D eigenvalue weighted by Gasteiger charge is 2.17. The van der Waals surface area contributed by atoms with E-state index in [-0.39, 0.29) is 11.5 Å². The molecule has 5 nitrogen and oxygen atoms in total. The Balaban J connectivity index is 2.70. The van der Waals surface area contributed by atoms with Crippen molar-refractivity contribution in [2.75, 3.05) is 6.61 Å². The van der Waals surface area contributed by atoms with Crippen LogP contribution in [0.5, 0.6) is 0 Å². The SMILES string of the molecule is CCCOC(=O)NS(=O)(=O)c1ccccc1. The Morgan fingerprint density at radius 3 is 2.50 bits per heavy atom. The minimum Gasteiger partial charge on any atom is -0.449 e. The van der Waals surface area contributed by atoms with Gasteiger partial charge in [-0.05, 0) is 18.6 Å². The summed E-state index contributed by atoms with van der Waals surface area (Å²) in [7, 11) is -3.81. The number of nitrogens with one attached hydrogen (secondary N) is 1. The quantitative estimate of drug-likeness (QED) is 0.870. The van der Waals surface area contributed by atoms with Crippen LogP contribution < -0.4 is 4.72 Å². The Labute approximate surface area is 94.5 Å². The summed E-state index contributed by atoms with van der Waals surface area (Å²) in [5.74, 6) is 0. The van der Waals surface area contributed by atoms with E-state index in [2.05, 4.69) is 4.74 Å². The van der Waals surface area contributed by atoms with Gasteiger partial charge >= 0.3 is 6.09 Å². The van der Waals surface area contributed by atoms with E-state index in [1.165, 1.54) is 12.1 Å². The van der Waals surface area contributed by atoms with Crippen molar-refractivity contribution in [1.82, 2.24) is 4.72 Å². The predicted molar refractivity (Wildman–Crippen MR) is 58.4 cm³/mol. The molecular weight excluding hydrogens is 230 g/mol. The second-order valence-electron chi connectivity index (χ2n) is 3.05. The first kappa shape index (κ1) is 12.5. The molecule has 0 unspecified atom stereocenters. The topological polar surface area (TPSA) is 72.5 Å². The highest BCUT2D eigenvalue weighted by atomic mass is 32.2. The first-order valence-electron chi connectivity index (χ1n) is 4.81. The number of carbonyl (C=O) groups excluding carboxylic acids is 1. The summed E-state index contributed by atoms with van der Waals surface area (Å²) in [6, 6.07) is 7.64. The normalized spacial score (nSPS) is 10.8. The third-order valence-electron chi connectivity index (χ3n) is 1.71. The minimum atomic E-state index is -3.81. The first-order chi connectivity index (χ1) is 7.56. The number of sulfonamides is 1. The molecule has 0 aliphatic heterocycles. The molecule has 0 radical (unpaired) electrons. The average molecular weight is 243 g/mol. The van der Waals surface area contributed by atoms with Crippen LogP contribution >= 0.6 is 0 Å². The number of benzene rings is 1. The van der Waals surface area contributed by atoms with Crippen molar-refractivity contribution >= 4 is 16.1 Å². The molecule has 0 saturated heterocycles. The van der Waals surface area contributed by atoms with Gasteiger partial charge in [-0.15, -0.1) is 0 Å². The number of rotatable bonds is 4. The third kappa shape index (κ3) is 3.54. The lowest BCUT2D eigenvalue weighted by atomic mass is 10.4. The molecule has 0 aliphatic carbocycles. The summed E-state index contributed by atoms with van der Waals surface area (Å²) in [5, 5.41) is 0. The fourth-order valence-electron chi connectivity index (χ4n) is 0.993. The van der Waals surface area contributed by atoms with Gasteiger partial charge in [0.25, 0.3) is 10.0 Å². The zero-order chi connectivity index (χ0) is 12.0. The molecule has 0 fully saturated rings. The van der Waals surface area contributed by atoms with Gasteiger partial charge in [0.1, 0.15) is 0 Å². The highest BCUT2D eigenvalue weighted by molar-refractivity contribution is 7.90. The van der Waals surface area contributed by atoms with Crippen LogP contribution in [0.3, 0.4) is 0 Å². The molecule has 6 heteroatoms. The molecule has 1 aromatic rings. The summed E-state index contributed by atoms with van der Waals surface area (Å²) < 4.78 is 29.6. The smallest absolute Gasteiger partial charge is 0.421 e. The lowest BCUT2D eigenvalue weighted by molar-refractivity contribution is 0.152. The van der Waals surface area contributed by atoms with E-state index in [9.17, 15) is 13.2 Å². The van der Waals surface area contributed by atoms with Gasteiger partial charge < -0.3 is 4.74 Å². The maximum absolute atomic E-state index is 11.6. The van der Waals surface area contributed by atoms with Gasteiger partial charge in [0, 0.05) is 0 Å². The van der Waals surface area contributed by atoms with Gasteiger partial charge in [-0.25, -0.2) is 17.9 Å². The van der Waals surface area contributed by atoms with Crippen LogP contribution in [0.1, 0.15) is 13.3 Å². The van der Waals surface area contributed by atoms with Gasteiger partial charge in [0.2, 0.25) is 0 Å². The van der Waals surface area contributed by atoms with Crippen LogP contribution in [0.4, 0.5) is 4.79 Å². The fourth-order valence-corrected chi connectivity index (χ4v) is 1.90. The average Bonchev–Trinajstić information content (AvgIpc) is 2.27.